The Bertz CT molecular complexity index is 835. The minimum absolute atomic E-state index is 0.312. The quantitative estimate of drug-likeness (QED) is 0.714. The molecule has 5 atom stereocenters. The molecule has 0 spiro atoms. The van der Waals surface area contributed by atoms with Gasteiger partial charge in [0.25, 0.3) is 0 Å². The summed E-state index contributed by atoms with van der Waals surface area (Å²) in [6.45, 7) is 4.37. The van der Waals surface area contributed by atoms with Crippen molar-refractivity contribution >= 4 is 0 Å². The van der Waals surface area contributed by atoms with Crippen LogP contribution in [-0.4, -0.2) is 36.5 Å². The fourth-order valence-corrected chi connectivity index (χ4v) is 3.67. The smallest absolute Gasteiger partial charge is 0.190 e. The van der Waals surface area contributed by atoms with Crippen LogP contribution in [0.1, 0.15) is 25.0 Å². The van der Waals surface area contributed by atoms with Gasteiger partial charge in [0.2, 0.25) is 0 Å². The van der Waals surface area contributed by atoms with E-state index < -0.39 is 36.5 Å². The van der Waals surface area contributed by atoms with E-state index in [1.54, 1.807) is 0 Å². The normalized spacial score (nSPS) is 28.6. The largest absolute Gasteiger partial charge is 0.368 e. The van der Waals surface area contributed by atoms with E-state index in [2.05, 4.69) is 6.07 Å². The molecule has 2 saturated heterocycles. The Kier molecular flexibility index (Phi) is 5.95. The van der Waals surface area contributed by atoms with Crippen LogP contribution in [0, 0.1) is 11.3 Å². The molecule has 0 radical (unpaired) electrons. The van der Waals surface area contributed by atoms with Crippen molar-refractivity contribution in [3.8, 4) is 6.07 Å². The van der Waals surface area contributed by atoms with Crippen molar-refractivity contribution in [2.75, 3.05) is 0 Å². The van der Waals surface area contributed by atoms with Crippen LogP contribution < -0.4 is 0 Å². The van der Waals surface area contributed by atoms with Crippen LogP contribution >= 0.6 is 0 Å². The summed E-state index contributed by atoms with van der Waals surface area (Å²) in [5.41, 5.74) is 2.02. The Morgan fingerprint density at radius 3 is 2.21 bits per heavy atom. The first kappa shape index (κ1) is 20.0. The Balaban J connectivity index is 1.47. The maximum Gasteiger partial charge on any atom is 0.190 e. The van der Waals surface area contributed by atoms with Gasteiger partial charge in [0, 0.05) is 0 Å². The van der Waals surface area contributed by atoms with Gasteiger partial charge >= 0.3 is 0 Å². The molecule has 0 aliphatic carbocycles. The van der Waals surface area contributed by atoms with Gasteiger partial charge in [-0.2, -0.15) is 5.26 Å². The van der Waals surface area contributed by atoms with E-state index in [1.807, 2.05) is 74.5 Å². The summed E-state index contributed by atoms with van der Waals surface area (Å²) in [7, 11) is 0. The van der Waals surface area contributed by atoms with Crippen molar-refractivity contribution in [1.29, 1.82) is 5.26 Å². The predicted molar refractivity (Wildman–Crippen MR) is 104 cm³/mol. The number of fused-ring (bicyclic) bond motifs is 1. The van der Waals surface area contributed by atoms with Crippen molar-refractivity contribution in [3.05, 3.63) is 71.8 Å². The summed E-state index contributed by atoms with van der Waals surface area (Å²) >= 11 is 0. The van der Waals surface area contributed by atoms with E-state index in [0.717, 1.165) is 11.1 Å². The molecule has 0 saturated carbocycles. The topological polar surface area (TPSA) is 69.9 Å². The summed E-state index contributed by atoms with van der Waals surface area (Å²) in [6, 6.07) is 21.8. The van der Waals surface area contributed by atoms with Gasteiger partial charge in [0.05, 0.1) is 19.3 Å². The lowest BCUT2D eigenvalue weighted by molar-refractivity contribution is -0.230. The van der Waals surface area contributed by atoms with E-state index in [9.17, 15) is 5.26 Å². The molecule has 6 nitrogen and oxygen atoms in total. The van der Waals surface area contributed by atoms with Crippen molar-refractivity contribution in [2.24, 2.45) is 0 Å². The minimum atomic E-state index is -0.808. The molecule has 4 rings (SSSR count). The molecule has 2 aliphatic heterocycles. The summed E-state index contributed by atoms with van der Waals surface area (Å²) in [6.07, 6.45) is -2.92. The molecule has 0 unspecified atom stereocenters. The SMILES string of the molecule is CC1(C)O[C@H]2O[C@H]([C@@H](C#N)OCc3ccccc3)[C@H](OCc3ccccc3)[C@H]2O1. The number of hydrogen-bond donors (Lipinski definition) is 0. The molecule has 6 heteroatoms. The second-order valence-electron chi connectivity index (χ2n) is 7.68. The lowest BCUT2D eigenvalue weighted by atomic mass is 10.1. The predicted octanol–water partition coefficient (Wildman–Crippen LogP) is 3.56. The zero-order valence-electron chi connectivity index (χ0n) is 16.6. The third-order valence-electron chi connectivity index (χ3n) is 5.01. The zero-order chi connectivity index (χ0) is 20.3. The Morgan fingerprint density at radius 1 is 0.966 bits per heavy atom. The van der Waals surface area contributed by atoms with Crippen molar-refractivity contribution in [2.45, 2.75) is 63.6 Å². The Labute approximate surface area is 170 Å². The van der Waals surface area contributed by atoms with Gasteiger partial charge < -0.3 is 23.7 Å². The zero-order valence-corrected chi connectivity index (χ0v) is 16.6. The van der Waals surface area contributed by atoms with E-state index in [0.29, 0.717) is 13.2 Å². The highest BCUT2D eigenvalue weighted by atomic mass is 16.8. The van der Waals surface area contributed by atoms with Gasteiger partial charge in [-0.1, -0.05) is 60.7 Å². The number of benzene rings is 2. The molecule has 2 fully saturated rings. The summed E-state index contributed by atoms with van der Waals surface area (Å²) in [4.78, 5) is 0. The number of hydrogen-bond acceptors (Lipinski definition) is 6. The van der Waals surface area contributed by atoms with Crippen LogP contribution in [0.2, 0.25) is 0 Å². The van der Waals surface area contributed by atoms with Gasteiger partial charge in [-0.05, 0) is 25.0 Å². The molecule has 0 bridgehead atoms. The summed E-state index contributed by atoms with van der Waals surface area (Å²) < 4.78 is 30.0. The first-order valence-electron chi connectivity index (χ1n) is 9.77. The monoisotopic (exact) mass is 395 g/mol. The molecular weight excluding hydrogens is 370 g/mol. The molecular formula is C23H25NO5. The van der Waals surface area contributed by atoms with E-state index in [4.69, 9.17) is 23.7 Å². The number of nitriles is 1. The van der Waals surface area contributed by atoms with E-state index >= 15 is 0 Å². The van der Waals surface area contributed by atoms with Crippen molar-refractivity contribution < 1.29 is 23.7 Å². The fourth-order valence-electron chi connectivity index (χ4n) is 3.67. The fraction of sp³-hybridized carbons (Fsp3) is 0.435. The van der Waals surface area contributed by atoms with E-state index in [-0.39, 0.29) is 0 Å². The Morgan fingerprint density at radius 2 is 1.59 bits per heavy atom. The first-order chi connectivity index (χ1) is 14.1. The van der Waals surface area contributed by atoms with Crippen LogP contribution in [0.5, 0.6) is 0 Å². The second-order valence-corrected chi connectivity index (χ2v) is 7.68. The van der Waals surface area contributed by atoms with Crippen LogP contribution in [-0.2, 0) is 36.9 Å². The number of ether oxygens (including phenoxy) is 5. The van der Waals surface area contributed by atoms with Gasteiger partial charge in [-0.15, -0.1) is 0 Å². The standard InChI is InChI=1S/C23H25NO5/c1-23(2)28-21-20(26-15-17-11-7-4-8-12-17)19(27-22(21)29-23)18(13-24)25-14-16-9-5-3-6-10-16/h3-12,18-22H,14-15H2,1-2H3/t18-,19-,20+,21-,22-/m1/s1. The average molecular weight is 395 g/mol. The number of nitrogens with zero attached hydrogens (tertiary/aromatic N) is 1. The van der Waals surface area contributed by atoms with E-state index in [1.165, 1.54) is 0 Å². The van der Waals surface area contributed by atoms with Crippen molar-refractivity contribution in [1.82, 2.24) is 0 Å². The lowest BCUT2D eigenvalue weighted by Gasteiger charge is -2.28. The third-order valence-corrected chi connectivity index (χ3v) is 5.01. The maximum absolute atomic E-state index is 9.74. The van der Waals surface area contributed by atoms with Gasteiger partial charge in [-0.25, -0.2) is 0 Å². The van der Waals surface area contributed by atoms with Gasteiger partial charge in [-0.3, -0.25) is 0 Å². The highest BCUT2D eigenvalue weighted by molar-refractivity contribution is 5.15. The molecule has 2 aromatic rings. The molecule has 2 aliphatic rings. The van der Waals surface area contributed by atoms with Crippen LogP contribution in [0.15, 0.2) is 60.7 Å². The Hall–Kier alpha value is -2.27. The van der Waals surface area contributed by atoms with Crippen LogP contribution in [0.4, 0.5) is 0 Å². The first-order valence-corrected chi connectivity index (χ1v) is 9.77. The van der Waals surface area contributed by atoms with Crippen LogP contribution in [0.25, 0.3) is 0 Å². The molecule has 2 aromatic carbocycles. The molecule has 0 amide bonds. The summed E-state index contributed by atoms with van der Waals surface area (Å²) in [5, 5.41) is 9.74. The second kappa shape index (κ2) is 8.62. The highest BCUT2D eigenvalue weighted by Gasteiger charge is 2.57. The maximum atomic E-state index is 9.74. The van der Waals surface area contributed by atoms with Crippen molar-refractivity contribution in [3.63, 3.8) is 0 Å². The summed E-state index contributed by atoms with van der Waals surface area (Å²) in [5.74, 6) is -0.762. The minimum Gasteiger partial charge on any atom is -0.368 e. The van der Waals surface area contributed by atoms with Gasteiger partial charge in [0.1, 0.15) is 18.3 Å². The third kappa shape index (κ3) is 4.67. The van der Waals surface area contributed by atoms with Gasteiger partial charge in [0.15, 0.2) is 18.2 Å². The average Bonchev–Trinajstić information content (AvgIpc) is 3.20. The highest BCUT2D eigenvalue weighted by Crippen LogP contribution is 2.40. The lowest BCUT2D eigenvalue weighted by Crippen LogP contribution is -2.43. The molecule has 0 aromatic heterocycles. The number of rotatable bonds is 7. The molecule has 0 N–H and O–H groups in total. The molecule has 2 heterocycles. The molecule has 152 valence electrons. The molecule has 29 heavy (non-hydrogen) atoms. The van der Waals surface area contributed by atoms with Crippen LogP contribution in [0.3, 0.4) is 0 Å².